The zero-order valence-electron chi connectivity index (χ0n) is 17.3. The van der Waals surface area contributed by atoms with E-state index in [9.17, 15) is 4.79 Å². The van der Waals surface area contributed by atoms with Crippen LogP contribution in [-0.2, 0) is 6.54 Å². The van der Waals surface area contributed by atoms with Crippen molar-refractivity contribution in [1.29, 1.82) is 0 Å². The lowest BCUT2D eigenvalue weighted by molar-refractivity contribution is 0.0939. The third kappa shape index (κ3) is 3.52. The van der Waals surface area contributed by atoms with Gasteiger partial charge in [-0.05, 0) is 45.0 Å². The third-order valence-corrected chi connectivity index (χ3v) is 5.00. The van der Waals surface area contributed by atoms with E-state index in [0.717, 1.165) is 17.8 Å². The minimum absolute atomic E-state index is 0.219. The second kappa shape index (κ2) is 7.98. The maximum atomic E-state index is 13.3. The Labute approximate surface area is 173 Å². The van der Waals surface area contributed by atoms with Gasteiger partial charge in [0.2, 0.25) is 0 Å². The fourth-order valence-corrected chi connectivity index (χ4v) is 3.54. The summed E-state index contributed by atoms with van der Waals surface area (Å²) in [4.78, 5) is 17.7. The lowest BCUT2D eigenvalue weighted by Gasteiger charge is -2.16. The molecule has 4 aromatic rings. The van der Waals surface area contributed by atoms with E-state index in [1.165, 1.54) is 0 Å². The van der Waals surface area contributed by atoms with E-state index in [-0.39, 0.29) is 11.9 Å². The molecular weight excluding hydrogens is 382 g/mol. The molecule has 0 aliphatic carbocycles. The van der Waals surface area contributed by atoms with E-state index in [4.69, 9.17) is 9.26 Å². The molecule has 0 unspecified atom stereocenters. The number of fused-ring (bicyclic) bond motifs is 1. The summed E-state index contributed by atoms with van der Waals surface area (Å²) in [5, 5.41) is 12.1. The minimum Gasteiger partial charge on any atom is -0.497 e. The molecule has 0 aliphatic heterocycles. The molecule has 1 amide bonds. The quantitative estimate of drug-likeness (QED) is 0.522. The van der Waals surface area contributed by atoms with E-state index >= 15 is 0 Å². The predicted molar refractivity (Wildman–Crippen MR) is 112 cm³/mol. The van der Waals surface area contributed by atoms with E-state index in [1.54, 1.807) is 19.4 Å². The number of carbonyl (C=O) groups is 1. The third-order valence-electron chi connectivity index (χ3n) is 5.00. The van der Waals surface area contributed by atoms with Crippen LogP contribution in [0, 0.1) is 6.92 Å². The normalized spacial score (nSPS) is 12.1. The zero-order valence-corrected chi connectivity index (χ0v) is 17.3. The van der Waals surface area contributed by atoms with E-state index in [0.29, 0.717) is 33.8 Å². The zero-order chi connectivity index (χ0) is 21.3. The Hall–Kier alpha value is -3.68. The summed E-state index contributed by atoms with van der Waals surface area (Å²) in [5.74, 6) is 0.463. The number of nitrogens with one attached hydrogen (secondary N) is 1. The van der Waals surface area contributed by atoms with Gasteiger partial charge in [0.25, 0.3) is 11.6 Å². The fraction of sp³-hybridized carbons (Fsp3) is 0.273. The number of methoxy groups -OCH3 is 1. The molecule has 0 radical (unpaired) electrons. The number of benzene rings is 1. The molecule has 8 nitrogen and oxygen atoms in total. The van der Waals surface area contributed by atoms with Gasteiger partial charge in [0.15, 0.2) is 0 Å². The van der Waals surface area contributed by atoms with Crippen molar-refractivity contribution in [2.24, 2.45) is 0 Å². The molecule has 30 heavy (non-hydrogen) atoms. The number of nitrogens with zero attached hydrogens (tertiary/aromatic N) is 4. The second-order valence-electron chi connectivity index (χ2n) is 7.02. The maximum absolute atomic E-state index is 13.3. The van der Waals surface area contributed by atoms with Crippen molar-refractivity contribution < 1.29 is 14.1 Å². The van der Waals surface area contributed by atoms with E-state index < -0.39 is 0 Å². The van der Waals surface area contributed by atoms with Gasteiger partial charge in [0.1, 0.15) is 11.4 Å². The van der Waals surface area contributed by atoms with Crippen LogP contribution < -0.4 is 10.1 Å². The van der Waals surface area contributed by atoms with Crippen molar-refractivity contribution >= 4 is 17.0 Å². The highest BCUT2D eigenvalue weighted by atomic mass is 16.5. The number of hydrogen-bond donors (Lipinski definition) is 1. The molecule has 154 valence electrons. The molecule has 0 bridgehead atoms. The van der Waals surface area contributed by atoms with Crippen LogP contribution in [-0.4, -0.2) is 32.9 Å². The summed E-state index contributed by atoms with van der Waals surface area (Å²) < 4.78 is 12.6. The SMILES string of the molecule is CCn1nccc1[C@@H](C)NC(=O)c1cc(C)nc2onc(-c3cccc(OC)c3)c12. The average molecular weight is 405 g/mol. The fourth-order valence-electron chi connectivity index (χ4n) is 3.54. The van der Waals surface area contributed by atoms with Crippen LogP contribution >= 0.6 is 0 Å². The Morgan fingerprint density at radius 1 is 1.30 bits per heavy atom. The predicted octanol–water partition coefficient (Wildman–Crippen LogP) is 3.91. The summed E-state index contributed by atoms with van der Waals surface area (Å²) >= 11 is 0. The van der Waals surface area contributed by atoms with Crippen molar-refractivity contribution in [3.63, 3.8) is 0 Å². The molecule has 0 aliphatic rings. The lowest BCUT2D eigenvalue weighted by atomic mass is 10.0. The van der Waals surface area contributed by atoms with Gasteiger partial charge in [-0.1, -0.05) is 17.3 Å². The number of aryl methyl sites for hydroxylation is 2. The summed E-state index contributed by atoms with van der Waals surface area (Å²) in [7, 11) is 1.60. The molecule has 0 fully saturated rings. The number of hydrogen-bond acceptors (Lipinski definition) is 6. The first-order valence-electron chi connectivity index (χ1n) is 9.75. The highest BCUT2D eigenvalue weighted by molar-refractivity contribution is 6.09. The van der Waals surface area contributed by atoms with Crippen molar-refractivity contribution in [2.45, 2.75) is 33.4 Å². The number of rotatable bonds is 6. The van der Waals surface area contributed by atoms with Gasteiger partial charge in [0.05, 0.1) is 29.8 Å². The number of aromatic nitrogens is 4. The highest BCUT2D eigenvalue weighted by Gasteiger charge is 2.23. The molecule has 1 atom stereocenters. The van der Waals surface area contributed by atoms with Crippen molar-refractivity contribution in [3.05, 3.63) is 59.5 Å². The molecule has 4 rings (SSSR count). The number of amides is 1. The smallest absolute Gasteiger partial charge is 0.259 e. The minimum atomic E-state index is -0.228. The second-order valence-corrected chi connectivity index (χ2v) is 7.02. The number of carbonyl (C=O) groups excluding carboxylic acids is 1. The van der Waals surface area contributed by atoms with Gasteiger partial charge < -0.3 is 14.6 Å². The largest absolute Gasteiger partial charge is 0.497 e. The van der Waals surface area contributed by atoms with Gasteiger partial charge in [0, 0.05) is 24.0 Å². The van der Waals surface area contributed by atoms with Gasteiger partial charge in [-0.25, -0.2) is 4.98 Å². The Morgan fingerprint density at radius 2 is 2.13 bits per heavy atom. The Bertz CT molecular complexity index is 1210. The van der Waals surface area contributed by atoms with Crippen LogP contribution in [0.4, 0.5) is 0 Å². The van der Waals surface area contributed by atoms with Crippen LogP contribution in [0.1, 0.15) is 41.6 Å². The Kier molecular flexibility index (Phi) is 5.22. The van der Waals surface area contributed by atoms with Crippen LogP contribution in [0.2, 0.25) is 0 Å². The first-order chi connectivity index (χ1) is 14.5. The monoisotopic (exact) mass is 405 g/mol. The van der Waals surface area contributed by atoms with E-state index in [1.807, 2.05) is 55.8 Å². The summed E-state index contributed by atoms with van der Waals surface area (Å²) in [6.07, 6.45) is 1.73. The average Bonchev–Trinajstić information content (AvgIpc) is 3.40. The first kappa shape index (κ1) is 19.6. The Balaban J connectivity index is 1.76. The highest BCUT2D eigenvalue weighted by Crippen LogP contribution is 2.32. The van der Waals surface area contributed by atoms with Crippen LogP contribution in [0.25, 0.3) is 22.4 Å². The van der Waals surface area contributed by atoms with Crippen LogP contribution in [0.5, 0.6) is 5.75 Å². The van der Waals surface area contributed by atoms with E-state index in [2.05, 4.69) is 20.6 Å². The Morgan fingerprint density at radius 3 is 2.90 bits per heavy atom. The van der Waals surface area contributed by atoms with Gasteiger partial charge in [-0.2, -0.15) is 5.10 Å². The standard InChI is InChI=1S/C22H23N5O3/c1-5-27-18(9-10-23-27)14(3)25-21(28)17-11-13(2)24-22-19(17)20(26-30-22)15-7-6-8-16(12-15)29-4/h6-12,14H,5H2,1-4H3,(H,25,28)/t14-/m1/s1. The molecule has 8 heteroatoms. The van der Waals surface area contributed by atoms with Gasteiger partial charge >= 0.3 is 0 Å². The van der Waals surface area contributed by atoms with Crippen molar-refractivity contribution in [3.8, 4) is 17.0 Å². The van der Waals surface area contributed by atoms with Crippen LogP contribution in [0.3, 0.4) is 0 Å². The van der Waals surface area contributed by atoms with Crippen LogP contribution in [0.15, 0.2) is 47.1 Å². The molecule has 0 saturated heterocycles. The number of pyridine rings is 1. The topological polar surface area (TPSA) is 95.1 Å². The lowest BCUT2D eigenvalue weighted by Crippen LogP contribution is -2.28. The maximum Gasteiger partial charge on any atom is 0.259 e. The molecule has 3 aromatic heterocycles. The molecule has 3 heterocycles. The molecule has 1 N–H and O–H groups in total. The van der Waals surface area contributed by atoms with Crippen molar-refractivity contribution in [2.75, 3.05) is 7.11 Å². The summed E-state index contributed by atoms with van der Waals surface area (Å²) in [5.41, 5.74) is 3.73. The van der Waals surface area contributed by atoms with Crippen molar-refractivity contribution in [1.82, 2.24) is 25.2 Å². The van der Waals surface area contributed by atoms with Gasteiger partial charge in [-0.15, -0.1) is 0 Å². The van der Waals surface area contributed by atoms with Gasteiger partial charge in [-0.3, -0.25) is 9.48 Å². The molecule has 0 saturated carbocycles. The summed E-state index contributed by atoms with van der Waals surface area (Å²) in [6, 6.07) is 10.9. The first-order valence-corrected chi connectivity index (χ1v) is 9.75. The number of ether oxygens (including phenoxy) is 1. The molecule has 0 spiro atoms. The summed E-state index contributed by atoms with van der Waals surface area (Å²) in [6.45, 7) is 6.49. The molecule has 1 aromatic carbocycles. The molecular formula is C22H23N5O3.